The zero-order valence-electron chi connectivity index (χ0n) is 16.3. The number of nitrogens with one attached hydrogen (secondary N) is 2. The number of rotatable bonds is 8. The van der Waals surface area contributed by atoms with Crippen molar-refractivity contribution in [2.75, 3.05) is 32.7 Å². The fourth-order valence-corrected chi connectivity index (χ4v) is 4.17. The van der Waals surface area contributed by atoms with Gasteiger partial charge in [0.1, 0.15) is 0 Å². The quantitative estimate of drug-likeness (QED) is 0.604. The fraction of sp³-hybridized carbons (Fsp3) is 0.611. The summed E-state index contributed by atoms with van der Waals surface area (Å²) in [4.78, 5) is 13.5. The molecular formula is C18H26F3N3O4S. The van der Waals surface area contributed by atoms with E-state index in [2.05, 4.69) is 10.2 Å². The minimum absolute atomic E-state index is 0.151. The summed E-state index contributed by atoms with van der Waals surface area (Å²) in [6.45, 7) is 6.22. The van der Waals surface area contributed by atoms with Crippen LogP contribution in [0.3, 0.4) is 0 Å². The maximum Gasteiger partial charge on any atom is 0.416 e. The monoisotopic (exact) mass is 437 g/mol. The molecule has 1 fully saturated rings. The van der Waals surface area contributed by atoms with Crippen molar-refractivity contribution in [1.82, 2.24) is 14.9 Å². The Morgan fingerprint density at radius 3 is 2.52 bits per heavy atom. The summed E-state index contributed by atoms with van der Waals surface area (Å²) in [5, 5.41) is 2.60. The maximum atomic E-state index is 12.7. The molecule has 0 radical (unpaired) electrons. The van der Waals surface area contributed by atoms with Gasteiger partial charge in [0.25, 0.3) is 0 Å². The van der Waals surface area contributed by atoms with Crippen LogP contribution in [0.5, 0.6) is 0 Å². The van der Waals surface area contributed by atoms with Crippen LogP contribution in [0.2, 0.25) is 0 Å². The summed E-state index contributed by atoms with van der Waals surface area (Å²) in [5.41, 5.74) is -1.07. The van der Waals surface area contributed by atoms with Crippen LogP contribution in [0, 0.1) is 0 Å². The number of carbonyl (C=O) groups excluding carboxylic acids is 1. The molecule has 2 atom stereocenters. The van der Waals surface area contributed by atoms with Crippen molar-refractivity contribution in [2.45, 2.75) is 43.5 Å². The zero-order chi connectivity index (χ0) is 21.7. The molecule has 1 amide bonds. The Morgan fingerprint density at radius 2 is 1.90 bits per heavy atom. The van der Waals surface area contributed by atoms with Gasteiger partial charge in [-0.1, -0.05) is 6.07 Å². The van der Waals surface area contributed by atoms with E-state index in [4.69, 9.17) is 4.74 Å². The van der Waals surface area contributed by atoms with E-state index in [9.17, 15) is 26.4 Å². The second-order valence-corrected chi connectivity index (χ2v) is 8.84. The molecular weight excluding hydrogens is 411 g/mol. The average Bonchev–Trinajstić information content (AvgIpc) is 2.62. The van der Waals surface area contributed by atoms with Crippen molar-refractivity contribution < 1.29 is 31.1 Å². The van der Waals surface area contributed by atoms with E-state index in [1.165, 1.54) is 0 Å². The molecule has 0 aromatic heterocycles. The molecule has 1 saturated heterocycles. The van der Waals surface area contributed by atoms with Crippen molar-refractivity contribution in [3.8, 4) is 0 Å². The number of amides is 1. The van der Waals surface area contributed by atoms with Gasteiger partial charge >= 0.3 is 6.18 Å². The summed E-state index contributed by atoms with van der Waals surface area (Å²) in [7, 11) is -4.23. The van der Waals surface area contributed by atoms with Gasteiger partial charge in [-0.2, -0.15) is 13.2 Å². The Labute approximate surface area is 168 Å². The minimum Gasteiger partial charge on any atom is -0.373 e. The van der Waals surface area contributed by atoms with Crippen LogP contribution in [0.1, 0.15) is 25.8 Å². The van der Waals surface area contributed by atoms with Crippen LogP contribution in [-0.2, 0) is 25.7 Å². The third-order valence-electron chi connectivity index (χ3n) is 4.36. The number of carbonyl (C=O) groups is 1. The maximum absolute atomic E-state index is 12.7. The van der Waals surface area contributed by atoms with Gasteiger partial charge in [0.05, 0.1) is 29.2 Å². The molecule has 1 aromatic carbocycles. The highest BCUT2D eigenvalue weighted by Crippen LogP contribution is 2.30. The van der Waals surface area contributed by atoms with Crippen molar-refractivity contribution in [1.29, 1.82) is 0 Å². The average molecular weight is 437 g/mol. The molecule has 1 heterocycles. The fourth-order valence-electron chi connectivity index (χ4n) is 3.14. The number of halogens is 3. The van der Waals surface area contributed by atoms with E-state index in [0.717, 1.165) is 37.8 Å². The van der Waals surface area contributed by atoms with E-state index in [-0.39, 0.29) is 12.2 Å². The molecule has 1 aromatic rings. The van der Waals surface area contributed by atoms with E-state index >= 15 is 0 Å². The summed E-state index contributed by atoms with van der Waals surface area (Å²) in [6.07, 6.45) is -3.66. The van der Waals surface area contributed by atoms with Crippen LogP contribution in [-0.4, -0.2) is 64.2 Å². The number of ether oxygens (including phenoxy) is 1. The van der Waals surface area contributed by atoms with E-state index < -0.39 is 39.1 Å². The molecule has 29 heavy (non-hydrogen) atoms. The Morgan fingerprint density at radius 1 is 1.24 bits per heavy atom. The molecule has 0 saturated carbocycles. The Kier molecular flexibility index (Phi) is 8.03. The highest BCUT2D eigenvalue weighted by Gasteiger charge is 2.31. The zero-order valence-corrected chi connectivity index (χ0v) is 17.1. The number of hydrogen-bond acceptors (Lipinski definition) is 5. The highest BCUT2D eigenvalue weighted by molar-refractivity contribution is 7.89. The van der Waals surface area contributed by atoms with Gasteiger partial charge in [0.2, 0.25) is 15.9 Å². The number of alkyl halides is 3. The molecule has 1 aliphatic heterocycles. The molecule has 2 N–H and O–H groups in total. The summed E-state index contributed by atoms with van der Waals surface area (Å²) >= 11 is 0. The van der Waals surface area contributed by atoms with Crippen LogP contribution < -0.4 is 10.0 Å². The third-order valence-corrected chi connectivity index (χ3v) is 5.76. The molecule has 7 nitrogen and oxygen atoms in total. The van der Waals surface area contributed by atoms with Gasteiger partial charge in [0, 0.05) is 26.2 Å². The number of morpholine rings is 1. The van der Waals surface area contributed by atoms with Gasteiger partial charge in [0.15, 0.2) is 0 Å². The first kappa shape index (κ1) is 23.6. The Hall–Kier alpha value is -1.69. The van der Waals surface area contributed by atoms with Gasteiger partial charge in [-0.3, -0.25) is 9.69 Å². The van der Waals surface area contributed by atoms with Crippen molar-refractivity contribution >= 4 is 15.9 Å². The van der Waals surface area contributed by atoms with Crippen molar-refractivity contribution in [3.63, 3.8) is 0 Å². The highest BCUT2D eigenvalue weighted by atomic mass is 32.2. The summed E-state index contributed by atoms with van der Waals surface area (Å²) in [5.74, 6) is -0.552. The number of benzene rings is 1. The smallest absolute Gasteiger partial charge is 0.373 e. The minimum atomic E-state index is -4.65. The molecule has 164 valence electrons. The van der Waals surface area contributed by atoms with E-state index in [0.29, 0.717) is 19.0 Å². The Bertz CT molecular complexity index is 792. The van der Waals surface area contributed by atoms with Gasteiger partial charge in [-0.25, -0.2) is 13.1 Å². The van der Waals surface area contributed by atoms with E-state index in [1.54, 1.807) is 0 Å². The standard InChI is InChI=1S/C18H26F3N3O4S/c1-13-11-24(12-14(2)28-13)8-4-7-22-17(25)10-23-29(26,27)16-6-3-5-15(9-16)18(19,20)21/h3,5-6,9,13-14,23H,4,7-8,10-12H2,1-2H3,(H,22,25). The second-order valence-electron chi connectivity index (χ2n) is 7.07. The predicted octanol–water partition coefficient (Wildman–Crippen LogP) is 1.60. The lowest BCUT2D eigenvalue weighted by molar-refractivity contribution is -0.137. The first-order chi connectivity index (χ1) is 13.5. The normalized spacial score (nSPS) is 21.1. The Balaban J connectivity index is 1.75. The predicted molar refractivity (Wildman–Crippen MR) is 101 cm³/mol. The van der Waals surface area contributed by atoms with Crippen LogP contribution in [0.4, 0.5) is 13.2 Å². The lowest BCUT2D eigenvalue weighted by atomic mass is 10.2. The van der Waals surface area contributed by atoms with Gasteiger partial charge in [-0.15, -0.1) is 0 Å². The lowest BCUT2D eigenvalue weighted by Gasteiger charge is -2.35. The third kappa shape index (κ3) is 7.57. The first-order valence-corrected chi connectivity index (χ1v) is 10.8. The molecule has 1 aliphatic rings. The SMILES string of the molecule is CC1CN(CCCNC(=O)CNS(=O)(=O)c2cccc(C(F)(F)F)c2)CC(C)O1. The topological polar surface area (TPSA) is 87.7 Å². The summed E-state index contributed by atoms with van der Waals surface area (Å²) in [6, 6.07) is 3.36. The second kappa shape index (κ2) is 9.88. The number of sulfonamides is 1. The van der Waals surface area contributed by atoms with Gasteiger partial charge in [-0.05, 0) is 38.5 Å². The van der Waals surface area contributed by atoms with Crippen LogP contribution >= 0.6 is 0 Å². The lowest BCUT2D eigenvalue weighted by Crippen LogP contribution is -2.46. The largest absolute Gasteiger partial charge is 0.416 e. The molecule has 0 spiro atoms. The first-order valence-electron chi connectivity index (χ1n) is 9.29. The molecule has 2 unspecified atom stereocenters. The van der Waals surface area contributed by atoms with Crippen molar-refractivity contribution in [2.24, 2.45) is 0 Å². The number of nitrogens with zero attached hydrogens (tertiary/aromatic N) is 1. The summed E-state index contributed by atoms with van der Waals surface area (Å²) < 4.78 is 70.1. The van der Waals surface area contributed by atoms with Crippen molar-refractivity contribution in [3.05, 3.63) is 29.8 Å². The molecule has 11 heteroatoms. The van der Waals surface area contributed by atoms with E-state index in [1.807, 2.05) is 18.6 Å². The molecule has 0 aliphatic carbocycles. The van der Waals surface area contributed by atoms with Crippen LogP contribution in [0.25, 0.3) is 0 Å². The van der Waals surface area contributed by atoms with Crippen LogP contribution in [0.15, 0.2) is 29.2 Å². The number of hydrogen-bond donors (Lipinski definition) is 2. The molecule has 0 bridgehead atoms. The molecule has 2 rings (SSSR count). The van der Waals surface area contributed by atoms with Gasteiger partial charge < -0.3 is 10.1 Å².